The maximum absolute atomic E-state index is 10.7. The minimum Gasteiger partial charge on any atom is -0.461 e. The lowest BCUT2D eigenvalue weighted by atomic mass is 9.91. The molecule has 1 saturated heterocycles. The van der Waals surface area contributed by atoms with Crippen LogP contribution in [0.5, 0.6) is 0 Å². The normalized spacial score (nSPS) is 31.2. The summed E-state index contributed by atoms with van der Waals surface area (Å²) < 4.78 is 4.94. The molecule has 1 fully saturated rings. The Hall–Kier alpha value is -0.530. The first-order valence-corrected chi connectivity index (χ1v) is 4.00. The van der Waals surface area contributed by atoms with E-state index in [-0.39, 0.29) is 18.0 Å². The van der Waals surface area contributed by atoms with Crippen LogP contribution < -0.4 is 0 Å². The molecule has 1 heterocycles. The van der Waals surface area contributed by atoms with Crippen molar-refractivity contribution in [2.45, 2.75) is 39.2 Å². The van der Waals surface area contributed by atoms with Crippen molar-refractivity contribution in [2.75, 3.05) is 0 Å². The zero-order chi connectivity index (χ0) is 7.56. The number of esters is 1. The van der Waals surface area contributed by atoms with Crippen LogP contribution in [-0.4, -0.2) is 12.1 Å². The zero-order valence-electron chi connectivity index (χ0n) is 6.59. The summed E-state index contributed by atoms with van der Waals surface area (Å²) >= 11 is 0. The van der Waals surface area contributed by atoms with Gasteiger partial charge in [0.25, 0.3) is 0 Å². The Balaban J connectivity index is 2.30. The molecule has 0 bridgehead atoms. The van der Waals surface area contributed by atoms with Crippen LogP contribution in [0.2, 0.25) is 0 Å². The fraction of sp³-hybridized carbons (Fsp3) is 0.875. The first-order chi connectivity index (χ1) is 4.79. The van der Waals surface area contributed by atoms with Crippen LogP contribution in [0.3, 0.4) is 0 Å². The Morgan fingerprint density at radius 3 is 2.60 bits per heavy atom. The Morgan fingerprint density at radius 2 is 2.20 bits per heavy atom. The van der Waals surface area contributed by atoms with E-state index in [2.05, 4.69) is 6.92 Å². The number of rotatable bonds is 3. The standard InChI is InChI=1S/C8H14O2/c1-3-5-7-6(4-2)8(9)10-7/h6-7H,3-5H2,1-2H3. The highest BCUT2D eigenvalue weighted by molar-refractivity contribution is 5.78. The Bertz CT molecular complexity index is 131. The number of hydrogen-bond acceptors (Lipinski definition) is 2. The van der Waals surface area contributed by atoms with Crippen molar-refractivity contribution >= 4 is 5.97 Å². The molecule has 2 atom stereocenters. The van der Waals surface area contributed by atoms with Gasteiger partial charge in [-0.25, -0.2) is 0 Å². The third kappa shape index (κ3) is 1.15. The van der Waals surface area contributed by atoms with Crippen molar-refractivity contribution in [1.29, 1.82) is 0 Å². The Morgan fingerprint density at radius 1 is 1.50 bits per heavy atom. The molecule has 58 valence electrons. The minimum absolute atomic E-state index is 0.000880. The van der Waals surface area contributed by atoms with Gasteiger partial charge in [-0.3, -0.25) is 4.79 Å². The minimum atomic E-state index is 0.000880. The van der Waals surface area contributed by atoms with Crippen molar-refractivity contribution in [3.63, 3.8) is 0 Å². The predicted molar refractivity (Wildman–Crippen MR) is 38.6 cm³/mol. The van der Waals surface area contributed by atoms with Gasteiger partial charge in [-0.05, 0) is 12.8 Å². The monoisotopic (exact) mass is 142 g/mol. The molecule has 1 aliphatic heterocycles. The highest BCUT2D eigenvalue weighted by Crippen LogP contribution is 2.28. The van der Waals surface area contributed by atoms with Gasteiger partial charge in [-0.1, -0.05) is 20.3 Å². The second-order valence-electron chi connectivity index (χ2n) is 2.78. The first-order valence-electron chi connectivity index (χ1n) is 4.00. The third-order valence-electron chi connectivity index (χ3n) is 2.03. The fourth-order valence-corrected chi connectivity index (χ4v) is 1.37. The van der Waals surface area contributed by atoms with Crippen LogP contribution >= 0.6 is 0 Å². The molecule has 0 spiro atoms. The summed E-state index contributed by atoms with van der Waals surface area (Å²) in [5.74, 6) is 0.209. The van der Waals surface area contributed by atoms with E-state index in [1.54, 1.807) is 0 Å². The lowest BCUT2D eigenvalue weighted by Gasteiger charge is -2.34. The second kappa shape index (κ2) is 3.04. The molecule has 0 radical (unpaired) electrons. The molecule has 1 aliphatic rings. The van der Waals surface area contributed by atoms with E-state index in [9.17, 15) is 4.79 Å². The highest BCUT2D eigenvalue weighted by Gasteiger charge is 2.39. The van der Waals surface area contributed by atoms with E-state index >= 15 is 0 Å². The van der Waals surface area contributed by atoms with Gasteiger partial charge < -0.3 is 4.74 Å². The molecular weight excluding hydrogens is 128 g/mol. The maximum Gasteiger partial charge on any atom is 0.312 e. The number of carbonyl (C=O) groups excluding carboxylic acids is 1. The smallest absolute Gasteiger partial charge is 0.312 e. The number of carbonyl (C=O) groups is 1. The molecule has 0 aromatic heterocycles. The molecule has 1 rings (SSSR count). The lowest BCUT2D eigenvalue weighted by molar-refractivity contribution is -0.185. The van der Waals surface area contributed by atoms with Crippen molar-refractivity contribution in [3.05, 3.63) is 0 Å². The van der Waals surface area contributed by atoms with Gasteiger partial charge in [0.15, 0.2) is 0 Å². The summed E-state index contributed by atoms with van der Waals surface area (Å²) in [7, 11) is 0. The van der Waals surface area contributed by atoms with E-state index in [1.807, 2.05) is 6.92 Å². The van der Waals surface area contributed by atoms with Crippen LogP contribution in [0.1, 0.15) is 33.1 Å². The van der Waals surface area contributed by atoms with E-state index in [1.165, 1.54) is 0 Å². The molecular formula is C8H14O2. The predicted octanol–water partition coefficient (Wildman–Crippen LogP) is 1.74. The van der Waals surface area contributed by atoms with Gasteiger partial charge in [-0.15, -0.1) is 0 Å². The topological polar surface area (TPSA) is 26.3 Å². The van der Waals surface area contributed by atoms with Crippen LogP contribution in [0.15, 0.2) is 0 Å². The average Bonchev–Trinajstić information content (AvgIpc) is 1.88. The molecule has 2 nitrogen and oxygen atoms in total. The molecule has 0 aromatic rings. The van der Waals surface area contributed by atoms with Crippen molar-refractivity contribution < 1.29 is 9.53 Å². The molecule has 0 N–H and O–H groups in total. The summed E-state index contributed by atoms with van der Waals surface area (Å²) in [5, 5.41) is 0. The Kier molecular flexibility index (Phi) is 2.30. The molecule has 0 aromatic carbocycles. The SMILES string of the molecule is CCCC1OC(=O)C1CC. The van der Waals surface area contributed by atoms with Gasteiger partial charge in [-0.2, -0.15) is 0 Å². The molecule has 10 heavy (non-hydrogen) atoms. The van der Waals surface area contributed by atoms with E-state index < -0.39 is 0 Å². The van der Waals surface area contributed by atoms with Crippen LogP contribution in [0.4, 0.5) is 0 Å². The summed E-state index contributed by atoms with van der Waals surface area (Å²) in [5.41, 5.74) is 0. The average molecular weight is 142 g/mol. The quantitative estimate of drug-likeness (QED) is 0.561. The summed E-state index contributed by atoms with van der Waals surface area (Å²) in [6.07, 6.45) is 3.31. The first kappa shape index (κ1) is 7.58. The van der Waals surface area contributed by atoms with Gasteiger partial charge in [0.2, 0.25) is 0 Å². The molecule has 0 saturated carbocycles. The second-order valence-corrected chi connectivity index (χ2v) is 2.78. The zero-order valence-corrected chi connectivity index (χ0v) is 6.59. The molecule has 0 aliphatic carbocycles. The van der Waals surface area contributed by atoms with Crippen LogP contribution in [0, 0.1) is 5.92 Å². The fourth-order valence-electron chi connectivity index (χ4n) is 1.37. The van der Waals surface area contributed by atoms with E-state index in [4.69, 9.17) is 4.74 Å². The van der Waals surface area contributed by atoms with Crippen LogP contribution in [-0.2, 0) is 9.53 Å². The van der Waals surface area contributed by atoms with Crippen molar-refractivity contribution in [2.24, 2.45) is 5.92 Å². The number of ether oxygens (including phenoxy) is 1. The van der Waals surface area contributed by atoms with Gasteiger partial charge in [0.1, 0.15) is 6.10 Å². The van der Waals surface area contributed by atoms with E-state index in [0.717, 1.165) is 19.3 Å². The third-order valence-corrected chi connectivity index (χ3v) is 2.03. The molecule has 0 amide bonds. The van der Waals surface area contributed by atoms with Gasteiger partial charge >= 0.3 is 5.97 Å². The van der Waals surface area contributed by atoms with Gasteiger partial charge in [0, 0.05) is 0 Å². The van der Waals surface area contributed by atoms with E-state index in [0.29, 0.717) is 0 Å². The molecule has 2 heteroatoms. The molecule has 2 unspecified atom stereocenters. The maximum atomic E-state index is 10.7. The van der Waals surface area contributed by atoms with Crippen LogP contribution in [0.25, 0.3) is 0 Å². The highest BCUT2D eigenvalue weighted by atomic mass is 16.6. The number of cyclic esters (lactones) is 1. The largest absolute Gasteiger partial charge is 0.461 e. The summed E-state index contributed by atoms with van der Waals surface area (Å²) in [6, 6.07) is 0. The van der Waals surface area contributed by atoms with Gasteiger partial charge in [0.05, 0.1) is 5.92 Å². The number of hydrogen-bond donors (Lipinski definition) is 0. The Labute approximate surface area is 61.6 Å². The summed E-state index contributed by atoms with van der Waals surface area (Å²) in [6.45, 7) is 4.15. The lowest BCUT2D eigenvalue weighted by Crippen LogP contribution is -2.44. The van der Waals surface area contributed by atoms with Crippen molar-refractivity contribution in [1.82, 2.24) is 0 Å². The van der Waals surface area contributed by atoms with Crippen molar-refractivity contribution in [3.8, 4) is 0 Å². The summed E-state index contributed by atoms with van der Waals surface area (Å²) in [4.78, 5) is 10.7.